The van der Waals surface area contributed by atoms with Crippen LogP contribution in [0.1, 0.15) is 45.4 Å². The average Bonchev–Trinajstić information content (AvgIpc) is 2.63. The Morgan fingerprint density at radius 2 is 1.54 bits per heavy atom. The first-order valence-electron chi connectivity index (χ1n) is 8.22. The molecule has 0 bridgehead atoms. The molecule has 0 rings (SSSR count). The van der Waals surface area contributed by atoms with Gasteiger partial charge in [-0.2, -0.15) is 0 Å². The Morgan fingerprint density at radius 3 is 2.00 bits per heavy atom. The summed E-state index contributed by atoms with van der Waals surface area (Å²) in [7, 11) is 2.81. The van der Waals surface area contributed by atoms with Gasteiger partial charge in [0.15, 0.2) is 17.3 Å². The normalized spacial score (nSPS) is 13.9. The zero-order valence-electron chi connectivity index (χ0n) is 15.5. The zero-order valence-corrected chi connectivity index (χ0v) is 15.5. The molecule has 0 aromatic carbocycles. The van der Waals surface area contributed by atoms with Gasteiger partial charge in [0.2, 0.25) is 5.78 Å². The number of ketones is 2. The molecule has 0 aromatic rings. The summed E-state index contributed by atoms with van der Waals surface area (Å²) in [5, 5.41) is 10.6. The molecule has 0 amide bonds. The van der Waals surface area contributed by atoms with E-state index in [1.54, 1.807) is 0 Å². The van der Waals surface area contributed by atoms with Crippen molar-refractivity contribution >= 4 is 29.5 Å². The van der Waals surface area contributed by atoms with Crippen LogP contribution in [-0.4, -0.2) is 61.5 Å². The SMILES string of the molecule is CCCCCCC(=O)C(=O)C(C(=O)OC)C(O)(CC(=O)OC)C(=O)OC. The van der Waals surface area contributed by atoms with Gasteiger partial charge in [0, 0.05) is 6.42 Å². The summed E-state index contributed by atoms with van der Waals surface area (Å²) < 4.78 is 13.2. The maximum atomic E-state index is 12.5. The van der Waals surface area contributed by atoms with Gasteiger partial charge in [-0.3, -0.25) is 19.2 Å². The molecule has 0 aliphatic rings. The van der Waals surface area contributed by atoms with Gasteiger partial charge in [0.1, 0.15) is 0 Å². The number of unbranched alkanes of at least 4 members (excludes halogenated alkanes) is 3. The molecule has 9 heteroatoms. The molecule has 2 atom stereocenters. The van der Waals surface area contributed by atoms with E-state index in [0.717, 1.165) is 34.2 Å². The first kappa shape index (κ1) is 23.7. The summed E-state index contributed by atoms with van der Waals surface area (Å²) in [6.07, 6.45) is 1.72. The summed E-state index contributed by atoms with van der Waals surface area (Å²) in [4.78, 5) is 60.3. The molecule has 0 saturated carbocycles. The second kappa shape index (κ2) is 11.3. The van der Waals surface area contributed by atoms with Crippen LogP contribution in [0.15, 0.2) is 0 Å². The number of hydrogen-bond acceptors (Lipinski definition) is 9. The fourth-order valence-corrected chi connectivity index (χ4v) is 2.39. The van der Waals surface area contributed by atoms with Crippen molar-refractivity contribution in [2.24, 2.45) is 5.92 Å². The van der Waals surface area contributed by atoms with Gasteiger partial charge in [-0.15, -0.1) is 0 Å². The molecule has 0 heterocycles. The second-order valence-electron chi connectivity index (χ2n) is 5.72. The number of aliphatic hydroxyl groups is 1. The van der Waals surface area contributed by atoms with Gasteiger partial charge in [0.25, 0.3) is 0 Å². The fraction of sp³-hybridized carbons (Fsp3) is 0.706. The Kier molecular flexibility index (Phi) is 10.3. The van der Waals surface area contributed by atoms with Crippen molar-refractivity contribution < 1.29 is 43.3 Å². The minimum atomic E-state index is -2.91. The predicted molar refractivity (Wildman–Crippen MR) is 87.9 cm³/mol. The lowest BCUT2D eigenvalue weighted by Crippen LogP contribution is -2.56. The van der Waals surface area contributed by atoms with E-state index >= 15 is 0 Å². The first-order chi connectivity index (χ1) is 12.2. The lowest BCUT2D eigenvalue weighted by molar-refractivity contribution is -0.185. The van der Waals surface area contributed by atoms with Crippen molar-refractivity contribution in [3.8, 4) is 0 Å². The highest BCUT2D eigenvalue weighted by molar-refractivity contribution is 6.42. The Bertz CT molecular complexity index is 540. The van der Waals surface area contributed by atoms with Gasteiger partial charge in [-0.05, 0) is 6.42 Å². The number of esters is 3. The van der Waals surface area contributed by atoms with Crippen molar-refractivity contribution in [2.45, 2.75) is 51.0 Å². The highest BCUT2D eigenvalue weighted by atomic mass is 16.6. The van der Waals surface area contributed by atoms with Gasteiger partial charge in [-0.1, -0.05) is 26.2 Å². The molecule has 2 unspecified atom stereocenters. The summed E-state index contributed by atoms with van der Waals surface area (Å²) in [5.41, 5.74) is -2.91. The molecule has 9 nitrogen and oxygen atoms in total. The minimum Gasteiger partial charge on any atom is -0.469 e. The number of carbonyl (C=O) groups is 5. The fourth-order valence-electron chi connectivity index (χ4n) is 2.39. The van der Waals surface area contributed by atoms with E-state index in [4.69, 9.17) is 0 Å². The third-order valence-corrected chi connectivity index (χ3v) is 3.89. The van der Waals surface area contributed by atoms with E-state index in [-0.39, 0.29) is 6.42 Å². The molecule has 0 spiro atoms. The van der Waals surface area contributed by atoms with E-state index in [2.05, 4.69) is 14.2 Å². The van der Waals surface area contributed by atoms with Gasteiger partial charge in [0.05, 0.1) is 27.8 Å². The van der Waals surface area contributed by atoms with Gasteiger partial charge < -0.3 is 19.3 Å². The lowest BCUT2D eigenvalue weighted by atomic mass is 9.79. The minimum absolute atomic E-state index is 0.151. The quantitative estimate of drug-likeness (QED) is 0.169. The molecule has 0 radical (unpaired) electrons. The van der Waals surface area contributed by atoms with Crippen LogP contribution in [0.2, 0.25) is 0 Å². The van der Waals surface area contributed by atoms with Crippen molar-refractivity contribution in [3.63, 3.8) is 0 Å². The van der Waals surface area contributed by atoms with E-state index in [0.29, 0.717) is 12.8 Å². The third-order valence-electron chi connectivity index (χ3n) is 3.89. The Morgan fingerprint density at radius 1 is 0.923 bits per heavy atom. The number of ether oxygens (including phenoxy) is 3. The molecule has 0 aliphatic heterocycles. The number of carbonyl (C=O) groups excluding carboxylic acids is 5. The molecule has 26 heavy (non-hydrogen) atoms. The second-order valence-corrected chi connectivity index (χ2v) is 5.72. The van der Waals surface area contributed by atoms with Crippen molar-refractivity contribution in [3.05, 3.63) is 0 Å². The summed E-state index contributed by atoms with van der Waals surface area (Å²) in [6, 6.07) is 0. The van der Waals surface area contributed by atoms with Crippen LogP contribution >= 0.6 is 0 Å². The standard InChI is InChI=1S/C17H26O9/c1-5-6-7-8-9-11(18)14(20)13(15(21)25-3)17(23,16(22)26-4)10-12(19)24-2/h13,23H,5-10H2,1-4H3. The average molecular weight is 374 g/mol. The van der Waals surface area contributed by atoms with Crippen molar-refractivity contribution in [2.75, 3.05) is 21.3 Å². The summed E-state index contributed by atoms with van der Waals surface area (Å²) >= 11 is 0. The van der Waals surface area contributed by atoms with E-state index in [1.807, 2.05) is 6.92 Å². The maximum Gasteiger partial charge on any atom is 0.339 e. The van der Waals surface area contributed by atoms with E-state index in [9.17, 15) is 29.1 Å². The largest absolute Gasteiger partial charge is 0.469 e. The highest BCUT2D eigenvalue weighted by Gasteiger charge is 2.56. The molecular weight excluding hydrogens is 348 g/mol. The predicted octanol–water partition coefficient (Wildman–Crippen LogP) is 0.351. The van der Waals surface area contributed by atoms with Crippen LogP contribution in [0.25, 0.3) is 0 Å². The number of methoxy groups -OCH3 is 3. The Labute approximate surface area is 152 Å². The number of Topliss-reactive ketones (excluding diaryl/α,β-unsaturated/α-hetero) is 2. The van der Waals surface area contributed by atoms with Crippen LogP contribution in [-0.2, 0) is 38.2 Å². The zero-order chi connectivity index (χ0) is 20.3. The van der Waals surface area contributed by atoms with Crippen LogP contribution in [0, 0.1) is 5.92 Å². The van der Waals surface area contributed by atoms with Gasteiger partial charge in [-0.25, -0.2) is 4.79 Å². The summed E-state index contributed by atoms with van der Waals surface area (Å²) in [5.74, 6) is -8.30. The smallest absolute Gasteiger partial charge is 0.339 e. The monoisotopic (exact) mass is 374 g/mol. The van der Waals surface area contributed by atoms with Crippen molar-refractivity contribution in [1.29, 1.82) is 0 Å². The topological polar surface area (TPSA) is 133 Å². The van der Waals surface area contributed by atoms with Crippen LogP contribution in [0.3, 0.4) is 0 Å². The number of rotatable bonds is 12. The molecule has 148 valence electrons. The first-order valence-corrected chi connectivity index (χ1v) is 8.22. The Balaban J connectivity index is 5.68. The summed E-state index contributed by atoms with van der Waals surface area (Å²) in [6.45, 7) is 1.98. The van der Waals surface area contributed by atoms with Crippen LogP contribution in [0.4, 0.5) is 0 Å². The van der Waals surface area contributed by atoms with Crippen molar-refractivity contribution in [1.82, 2.24) is 0 Å². The van der Waals surface area contributed by atoms with E-state index in [1.165, 1.54) is 0 Å². The molecule has 0 aromatic heterocycles. The highest BCUT2D eigenvalue weighted by Crippen LogP contribution is 2.27. The van der Waals surface area contributed by atoms with E-state index < -0.39 is 47.4 Å². The molecular formula is C17H26O9. The number of hydrogen-bond donors (Lipinski definition) is 1. The van der Waals surface area contributed by atoms with Crippen LogP contribution in [0.5, 0.6) is 0 Å². The third kappa shape index (κ3) is 6.21. The maximum absolute atomic E-state index is 12.5. The molecule has 0 fully saturated rings. The molecule has 0 aliphatic carbocycles. The van der Waals surface area contributed by atoms with Gasteiger partial charge >= 0.3 is 17.9 Å². The molecule has 1 N–H and O–H groups in total. The molecule has 0 saturated heterocycles. The van der Waals surface area contributed by atoms with Crippen LogP contribution < -0.4 is 0 Å². The Hall–Kier alpha value is -2.29. The lowest BCUT2D eigenvalue weighted by Gasteiger charge is -2.29.